The number of hydrogen-bond donors (Lipinski definition) is 1. The van der Waals surface area contributed by atoms with Crippen LogP contribution in [0.1, 0.15) is 33.6 Å². The summed E-state index contributed by atoms with van der Waals surface area (Å²) in [4.78, 5) is 24.2. The first kappa shape index (κ1) is 13.5. The van der Waals surface area contributed by atoms with E-state index in [4.69, 9.17) is 5.73 Å². The molecule has 0 bridgehead atoms. The van der Waals surface area contributed by atoms with E-state index in [0.29, 0.717) is 0 Å². The number of carbonyl (C=O) groups excluding carboxylic acids is 2. The van der Waals surface area contributed by atoms with Crippen molar-refractivity contribution in [1.82, 2.24) is 4.90 Å². The Labute approximate surface area is 109 Å². The van der Waals surface area contributed by atoms with Crippen molar-refractivity contribution in [3.8, 4) is 0 Å². The number of rotatable bonds is 5. The van der Waals surface area contributed by atoms with Crippen molar-refractivity contribution in [1.29, 1.82) is 0 Å². The van der Waals surface area contributed by atoms with Gasteiger partial charge in [0.1, 0.15) is 0 Å². The molecule has 0 saturated heterocycles. The Morgan fingerprint density at radius 1 is 1.21 bits per heavy atom. The topological polar surface area (TPSA) is 63.4 Å². The normalized spacial score (nSPS) is 14.5. The molecule has 0 atom stereocenters. The number of hydrogen-bond acceptors (Lipinski definition) is 2. The summed E-state index contributed by atoms with van der Waals surface area (Å²) in [7, 11) is 0. The van der Waals surface area contributed by atoms with Crippen LogP contribution in [-0.4, -0.2) is 35.7 Å². The number of carbonyl (C=O) groups is 2. The van der Waals surface area contributed by atoms with Crippen LogP contribution in [0.4, 0.5) is 8.78 Å². The van der Waals surface area contributed by atoms with Crippen molar-refractivity contribution in [2.75, 3.05) is 6.54 Å². The fourth-order valence-corrected chi connectivity index (χ4v) is 1.88. The van der Waals surface area contributed by atoms with E-state index in [9.17, 15) is 18.4 Å². The molecule has 0 radical (unpaired) electrons. The number of alkyl halides is 2. The van der Waals surface area contributed by atoms with Crippen molar-refractivity contribution in [2.45, 2.75) is 25.3 Å². The Bertz CT molecular complexity index is 484. The highest BCUT2D eigenvalue weighted by atomic mass is 19.3. The van der Waals surface area contributed by atoms with Crippen molar-refractivity contribution in [3.05, 3.63) is 35.4 Å². The zero-order valence-electron chi connectivity index (χ0n) is 10.2. The van der Waals surface area contributed by atoms with E-state index in [1.54, 1.807) is 0 Å². The predicted octanol–water partition coefficient (Wildman–Crippen LogP) is 1.66. The van der Waals surface area contributed by atoms with Gasteiger partial charge in [0, 0.05) is 17.2 Å². The van der Waals surface area contributed by atoms with E-state index in [1.807, 2.05) is 0 Å². The first-order valence-electron chi connectivity index (χ1n) is 5.98. The molecule has 1 aromatic rings. The van der Waals surface area contributed by atoms with E-state index < -0.39 is 24.8 Å². The van der Waals surface area contributed by atoms with Gasteiger partial charge in [-0.3, -0.25) is 9.59 Å². The molecule has 1 fully saturated rings. The summed E-state index contributed by atoms with van der Waals surface area (Å²) >= 11 is 0. The van der Waals surface area contributed by atoms with Crippen molar-refractivity contribution < 1.29 is 18.4 Å². The fourth-order valence-electron chi connectivity index (χ4n) is 1.88. The third-order valence-corrected chi connectivity index (χ3v) is 3.00. The minimum atomic E-state index is -2.55. The van der Waals surface area contributed by atoms with E-state index in [0.717, 1.165) is 12.8 Å². The Morgan fingerprint density at radius 2 is 1.74 bits per heavy atom. The maximum absolute atomic E-state index is 12.5. The molecule has 1 aromatic carbocycles. The van der Waals surface area contributed by atoms with Gasteiger partial charge in [0.25, 0.3) is 12.3 Å². The highest BCUT2D eigenvalue weighted by molar-refractivity contribution is 5.97. The fraction of sp³-hybridized carbons (Fsp3) is 0.385. The highest BCUT2D eigenvalue weighted by Gasteiger charge is 2.34. The summed E-state index contributed by atoms with van der Waals surface area (Å²) < 4.78 is 24.9. The van der Waals surface area contributed by atoms with E-state index in [-0.39, 0.29) is 17.2 Å². The smallest absolute Gasteiger partial charge is 0.255 e. The van der Waals surface area contributed by atoms with Crippen molar-refractivity contribution >= 4 is 11.8 Å². The molecule has 0 aliphatic heterocycles. The van der Waals surface area contributed by atoms with E-state index in [2.05, 4.69) is 0 Å². The van der Waals surface area contributed by atoms with Gasteiger partial charge in [0.05, 0.1) is 6.54 Å². The lowest BCUT2D eigenvalue weighted by Crippen LogP contribution is -2.37. The lowest BCUT2D eigenvalue weighted by atomic mass is 10.1. The van der Waals surface area contributed by atoms with Crippen LogP contribution in [0.25, 0.3) is 0 Å². The van der Waals surface area contributed by atoms with Gasteiger partial charge in [-0.1, -0.05) is 0 Å². The number of nitrogens with zero attached hydrogens (tertiary/aromatic N) is 1. The van der Waals surface area contributed by atoms with Gasteiger partial charge in [0.2, 0.25) is 5.91 Å². The largest absolute Gasteiger partial charge is 0.366 e. The van der Waals surface area contributed by atoms with Gasteiger partial charge >= 0.3 is 0 Å². The molecule has 2 N–H and O–H groups in total. The molecular formula is C13H14F2N2O2. The molecule has 1 aliphatic rings. The first-order chi connectivity index (χ1) is 8.99. The summed E-state index contributed by atoms with van der Waals surface area (Å²) in [6.07, 6.45) is -1.02. The average molecular weight is 268 g/mol. The Hall–Kier alpha value is -1.98. The molecule has 0 unspecified atom stereocenters. The van der Waals surface area contributed by atoms with Crippen LogP contribution in [0.5, 0.6) is 0 Å². The molecule has 2 amide bonds. The highest BCUT2D eigenvalue weighted by Crippen LogP contribution is 2.28. The minimum Gasteiger partial charge on any atom is -0.366 e. The van der Waals surface area contributed by atoms with Crippen LogP contribution in [-0.2, 0) is 0 Å². The molecule has 1 aliphatic carbocycles. The Morgan fingerprint density at radius 3 is 2.16 bits per heavy atom. The number of amides is 2. The van der Waals surface area contributed by atoms with Crippen LogP contribution < -0.4 is 5.73 Å². The second kappa shape index (κ2) is 5.34. The van der Waals surface area contributed by atoms with E-state index in [1.165, 1.54) is 29.2 Å². The van der Waals surface area contributed by atoms with Crippen LogP contribution in [0.3, 0.4) is 0 Å². The summed E-state index contributed by atoms with van der Waals surface area (Å²) in [5.41, 5.74) is 5.66. The molecule has 0 spiro atoms. The SMILES string of the molecule is NC(=O)c1ccc(C(=O)N(CC(F)F)C2CC2)cc1. The molecule has 6 heteroatoms. The van der Waals surface area contributed by atoms with Crippen LogP contribution >= 0.6 is 0 Å². The zero-order chi connectivity index (χ0) is 14.0. The monoisotopic (exact) mass is 268 g/mol. The summed E-state index contributed by atoms with van der Waals surface area (Å²) in [6, 6.07) is 5.62. The van der Waals surface area contributed by atoms with Crippen molar-refractivity contribution in [3.63, 3.8) is 0 Å². The maximum atomic E-state index is 12.5. The van der Waals surface area contributed by atoms with Gasteiger partial charge in [-0.15, -0.1) is 0 Å². The molecule has 19 heavy (non-hydrogen) atoms. The second-order valence-electron chi connectivity index (χ2n) is 4.52. The van der Waals surface area contributed by atoms with Crippen molar-refractivity contribution in [2.24, 2.45) is 5.73 Å². The Kier molecular flexibility index (Phi) is 3.78. The summed E-state index contributed by atoms with van der Waals surface area (Å²) in [6.45, 7) is -0.554. The lowest BCUT2D eigenvalue weighted by Gasteiger charge is -2.22. The van der Waals surface area contributed by atoms with Crippen LogP contribution in [0, 0.1) is 0 Å². The average Bonchev–Trinajstić information content (AvgIpc) is 3.19. The Balaban J connectivity index is 2.14. The standard InChI is InChI=1S/C13H14F2N2O2/c14-11(15)7-17(10-5-6-10)13(19)9-3-1-8(2-4-9)12(16)18/h1-4,10-11H,5-7H2,(H2,16,18). The minimum absolute atomic E-state index is 0.0858. The molecule has 1 saturated carbocycles. The predicted molar refractivity (Wildman–Crippen MR) is 65.0 cm³/mol. The summed E-state index contributed by atoms with van der Waals surface area (Å²) in [5.74, 6) is -1.02. The molecule has 2 rings (SSSR count). The van der Waals surface area contributed by atoms with Crippen LogP contribution in [0.15, 0.2) is 24.3 Å². The van der Waals surface area contributed by atoms with E-state index >= 15 is 0 Å². The zero-order valence-corrected chi connectivity index (χ0v) is 10.2. The van der Waals surface area contributed by atoms with Gasteiger partial charge in [0.15, 0.2) is 0 Å². The lowest BCUT2D eigenvalue weighted by molar-refractivity contribution is 0.0534. The first-order valence-corrected chi connectivity index (χ1v) is 5.98. The van der Waals surface area contributed by atoms with Crippen LogP contribution in [0.2, 0.25) is 0 Å². The molecule has 0 aromatic heterocycles. The molecule has 102 valence electrons. The van der Waals surface area contributed by atoms with Gasteiger partial charge in [-0.2, -0.15) is 0 Å². The van der Waals surface area contributed by atoms with Gasteiger partial charge in [-0.05, 0) is 37.1 Å². The second-order valence-corrected chi connectivity index (χ2v) is 4.52. The number of benzene rings is 1. The third kappa shape index (κ3) is 3.27. The number of primary amides is 1. The molecular weight excluding hydrogens is 254 g/mol. The van der Waals surface area contributed by atoms with Gasteiger partial charge < -0.3 is 10.6 Å². The van der Waals surface area contributed by atoms with Gasteiger partial charge in [-0.25, -0.2) is 8.78 Å². The summed E-state index contributed by atoms with van der Waals surface area (Å²) in [5, 5.41) is 0. The third-order valence-electron chi connectivity index (χ3n) is 3.00. The number of halogens is 2. The molecule has 4 nitrogen and oxygen atoms in total. The molecule has 0 heterocycles. The quantitative estimate of drug-likeness (QED) is 0.882. The maximum Gasteiger partial charge on any atom is 0.255 e. The number of nitrogens with two attached hydrogens (primary N) is 1.